The highest BCUT2D eigenvalue weighted by atomic mass is 32.2. The third-order valence-electron chi connectivity index (χ3n) is 2.63. The van der Waals surface area contributed by atoms with Crippen LogP contribution in [0.15, 0.2) is 17.2 Å². The van der Waals surface area contributed by atoms with Gasteiger partial charge < -0.3 is 9.47 Å². The first-order valence-electron chi connectivity index (χ1n) is 5.81. The first kappa shape index (κ1) is 13.9. The molecule has 1 aliphatic heterocycles. The third kappa shape index (κ3) is 3.97. The molecular formula is C11H14N2O5S. The van der Waals surface area contributed by atoms with Gasteiger partial charge in [0, 0.05) is 24.5 Å². The Kier molecular flexibility index (Phi) is 4.80. The summed E-state index contributed by atoms with van der Waals surface area (Å²) in [5.41, 5.74) is 0. The average Bonchev–Trinajstić information content (AvgIpc) is 2.41. The monoisotopic (exact) mass is 286 g/mol. The minimum absolute atomic E-state index is 0.141. The first-order chi connectivity index (χ1) is 9.19. The van der Waals surface area contributed by atoms with E-state index in [1.165, 1.54) is 31.0 Å². The van der Waals surface area contributed by atoms with Crippen LogP contribution in [-0.2, 0) is 4.74 Å². The van der Waals surface area contributed by atoms with Crippen LogP contribution in [0.4, 0.5) is 0 Å². The normalized spacial score (nSPS) is 16.1. The molecule has 104 valence electrons. The van der Waals surface area contributed by atoms with Crippen molar-refractivity contribution in [2.75, 3.05) is 20.3 Å². The molecular weight excluding hydrogens is 272 g/mol. The minimum atomic E-state index is -0.836. The first-order valence-corrected chi connectivity index (χ1v) is 6.69. The number of pyridine rings is 1. The molecule has 2 rings (SSSR count). The summed E-state index contributed by atoms with van der Waals surface area (Å²) in [4.78, 5) is 19.2. The summed E-state index contributed by atoms with van der Waals surface area (Å²) in [5.74, 6) is 0.549. The lowest BCUT2D eigenvalue weighted by atomic mass is 10.2. The molecule has 0 aliphatic carbocycles. The molecule has 0 amide bonds. The van der Waals surface area contributed by atoms with Gasteiger partial charge in [-0.05, 0) is 18.9 Å². The van der Waals surface area contributed by atoms with Crippen LogP contribution in [0.1, 0.15) is 12.8 Å². The molecule has 0 radical (unpaired) electrons. The quantitative estimate of drug-likeness (QED) is 0.604. The fraction of sp³-hybridized carbons (Fsp3) is 0.545. The van der Waals surface area contributed by atoms with Gasteiger partial charge in [0.15, 0.2) is 5.75 Å². The molecule has 0 unspecified atom stereocenters. The van der Waals surface area contributed by atoms with Crippen LogP contribution in [0.25, 0.3) is 0 Å². The lowest BCUT2D eigenvalue weighted by molar-refractivity contribution is -0.711. The van der Waals surface area contributed by atoms with Gasteiger partial charge in [0.1, 0.15) is 5.03 Å². The molecule has 0 spiro atoms. The van der Waals surface area contributed by atoms with Crippen LogP contribution < -0.4 is 9.57 Å². The molecule has 1 fully saturated rings. The molecule has 1 aliphatic rings. The predicted molar refractivity (Wildman–Crippen MR) is 68.1 cm³/mol. The van der Waals surface area contributed by atoms with Crippen LogP contribution in [0.5, 0.6) is 11.6 Å². The molecule has 1 aromatic heterocycles. The van der Waals surface area contributed by atoms with Crippen molar-refractivity contribution < 1.29 is 19.4 Å². The highest BCUT2D eigenvalue weighted by Crippen LogP contribution is 2.35. The van der Waals surface area contributed by atoms with Crippen molar-refractivity contribution >= 4 is 11.8 Å². The van der Waals surface area contributed by atoms with Crippen LogP contribution in [-0.4, -0.2) is 35.6 Å². The Morgan fingerprint density at radius 1 is 1.47 bits per heavy atom. The highest BCUT2D eigenvalue weighted by molar-refractivity contribution is 8.00. The molecule has 0 atom stereocenters. The van der Waals surface area contributed by atoms with Gasteiger partial charge in [0.05, 0.1) is 7.11 Å². The van der Waals surface area contributed by atoms with E-state index < -0.39 is 5.09 Å². The van der Waals surface area contributed by atoms with E-state index in [-0.39, 0.29) is 5.75 Å². The van der Waals surface area contributed by atoms with Crippen LogP contribution in [0.3, 0.4) is 0 Å². The van der Waals surface area contributed by atoms with E-state index in [4.69, 9.17) is 9.47 Å². The molecule has 1 aromatic rings. The van der Waals surface area contributed by atoms with E-state index in [0.29, 0.717) is 29.4 Å². The third-order valence-corrected chi connectivity index (χ3v) is 3.95. The lowest BCUT2D eigenvalue weighted by Gasteiger charge is -2.21. The fourth-order valence-corrected chi connectivity index (χ4v) is 2.82. The predicted octanol–water partition coefficient (Wildman–Crippen LogP) is 1.93. The number of methoxy groups -OCH3 is 1. The molecule has 19 heavy (non-hydrogen) atoms. The zero-order chi connectivity index (χ0) is 13.7. The summed E-state index contributed by atoms with van der Waals surface area (Å²) in [5, 5.41) is 10.4. The van der Waals surface area contributed by atoms with Crippen LogP contribution in [0, 0.1) is 10.1 Å². The van der Waals surface area contributed by atoms with Crippen LogP contribution >= 0.6 is 11.8 Å². The van der Waals surface area contributed by atoms with E-state index in [2.05, 4.69) is 9.82 Å². The lowest BCUT2D eigenvalue weighted by Crippen LogP contribution is -2.18. The SMILES string of the molecule is COc1ccc(O[N+](=O)[O-])c(SC2CCOCC2)n1. The number of nitrogens with zero attached hydrogens (tertiary/aromatic N) is 2. The van der Waals surface area contributed by atoms with Crippen molar-refractivity contribution in [1.82, 2.24) is 4.98 Å². The van der Waals surface area contributed by atoms with Crippen molar-refractivity contribution in [1.29, 1.82) is 0 Å². The number of hydrogen-bond acceptors (Lipinski definition) is 7. The van der Waals surface area contributed by atoms with Gasteiger partial charge in [0.2, 0.25) is 5.88 Å². The fourth-order valence-electron chi connectivity index (χ4n) is 1.71. The molecule has 7 nitrogen and oxygen atoms in total. The van der Waals surface area contributed by atoms with Gasteiger partial charge >= 0.3 is 0 Å². The maximum atomic E-state index is 10.5. The molecule has 1 saturated heterocycles. The Balaban J connectivity index is 2.16. The standard InChI is InChI=1S/C11H14N2O5S/c1-16-10-3-2-9(18-13(14)15)11(12-10)19-8-4-6-17-7-5-8/h2-3,8H,4-7H2,1H3. The van der Waals surface area contributed by atoms with E-state index in [0.717, 1.165) is 12.8 Å². The second kappa shape index (κ2) is 6.58. The molecule has 8 heteroatoms. The highest BCUT2D eigenvalue weighted by Gasteiger charge is 2.19. The number of ether oxygens (including phenoxy) is 2. The molecule has 2 heterocycles. The Morgan fingerprint density at radius 3 is 2.84 bits per heavy atom. The summed E-state index contributed by atoms with van der Waals surface area (Å²) in [7, 11) is 1.50. The second-order valence-electron chi connectivity index (χ2n) is 3.90. The van der Waals surface area contributed by atoms with Gasteiger partial charge in [-0.25, -0.2) is 4.98 Å². The Labute approximate surface area is 114 Å². The van der Waals surface area contributed by atoms with Gasteiger partial charge in [0.25, 0.3) is 5.09 Å². The molecule has 0 bridgehead atoms. The zero-order valence-electron chi connectivity index (χ0n) is 10.4. The van der Waals surface area contributed by atoms with E-state index >= 15 is 0 Å². The number of thioether (sulfide) groups is 1. The zero-order valence-corrected chi connectivity index (χ0v) is 11.2. The summed E-state index contributed by atoms with van der Waals surface area (Å²) < 4.78 is 10.3. The van der Waals surface area contributed by atoms with Crippen LogP contribution in [0.2, 0.25) is 0 Å². The summed E-state index contributed by atoms with van der Waals surface area (Å²) in [6.45, 7) is 1.40. The molecule has 0 N–H and O–H groups in total. The van der Waals surface area contributed by atoms with Gasteiger partial charge in [-0.15, -0.1) is 21.9 Å². The van der Waals surface area contributed by atoms with E-state index in [1.54, 1.807) is 0 Å². The van der Waals surface area contributed by atoms with Crippen molar-refractivity contribution in [3.63, 3.8) is 0 Å². The topological polar surface area (TPSA) is 83.7 Å². The maximum absolute atomic E-state index is 10.5. The smallest absolute Gasteiger partial charge is 0.299 e. The van der Waals surface area contributed by atoms with Gasteiger partial charge in [-0.3, -0.25) is 4.84 Å². The van der Waals surface area contributed by atoms with Crippen molar-refractivity contribution in [3.8, 4) is 11.6 Å². The van der Waals surface area contributed by atoms with Crippen molar-refractivity contribution in [3.05, 3.63) is 22.2 Å². The largest absolute Gasteiger partial charge is 0.481 e. The van der Waals surface area contributed by atoms with Gasteiger partial charge in [-0.2, -0.15) is 0 Å². The van der Waals surface area contributed by atoms with Crippen molar-refractivity contribution in [2.45, 2.75) is 23.1 Å². The summed E-state index contributed by atoms with van der Waals surface area (Å²) in [6.07, 6.45) is 1.78. The van der Waals surface area contributed by atoms with Crippen molar-refractivity contribution in [2.24, 2.45) is 0 Å². The average molecular weight is 286 g/mol. The van der Waals surface area contributed by atoms with E-state index in [9.17, 15) is 10.1 Å². The Hall–Kier alpha value is -1.54. The minimum Gasteiger partial charge on any atom is -0.481 e. The maximum Gasteiger partial charge on any atom is 0.299 e. The Bertz CT molecular complexity index is 451. The summed E-state index contributed by atoms with van der Waals surface area (Å²) in [6, 6.07) is 3.03. The van der Waals surface area contributed by atoms with E-state index in [1.807, 2.05) is 0 Å². The number of aromatic nitrogens is 1. The molecule has 0 aromatic carbocycles. The number of rotatable bonds is 5. The Morgan fingerprint density at radius 2 is 2.21 bits per heavy atom. The molecule has 0 saturated carbocycles. The number of hydrogen-bond donors (Lipinski definition) is 0. The van der Waals surface area contributed by atoms with Gasteiger partial charge in [-0.1, -0.05) is 0 Å². The summed E-state index contributed by atoms with van der Waals surface area (Å²) >= 11 is 1.46. The second-order valence-corrected chi connectivity index (χ2v) is 5.19.